The summed E-state index contributed by atoms with van der Waals surface area (Å²) in [5, 5.41) is 0.589. The minimum Gasteiger partial charge on any atom is -0.325 e. The zero-order chi connectivity index (χ0) is 19.7. The highest BCUT2D eigenvalue weighted by Crippen LogP contribution is 2.41. The molecule has 2 aromatic carbocycles. The summed E-state index contributed by atoms with van der Waals surface area (Å²) in [7, 11) is 0. The van der Waals surface area contributed by atoms with Gasteiger partial charge in [0.2, 0.25) is 5.91 Å². The molecule has 1 aliphatic carbocycles. The van der Waals surface area contributed by atoms with E-state index in [9.17, 15) is 13.6 Å². The lowest BCUT2D eigenvalue weighted by Gasteiger charge is -2.29. The van der Waals surface area contributed by atoms with Gasteiger partial charge in [-0.25, -0.2) is 8.78 Å². The molecule has 4 rings (SSSR count). The molecule has 1 saturated heterocycles. The topological polar surface area (TPSA) is 23.6 Å². The van der Waals surface area contributed by atoms with E-state index in [-0.39, 0.29) is 17.8 Å². The molecule has 2 fully saturated rings. The largest absolute Gasteiger partial charge is 0.325 e. The summed E-state index contributed by atoms with van der Waals surface area (Å²) < 4.78 is 26.7. The second-order valence-electron chi connectivity index (χ2n) is 7.22. The molecule has 1 aliphatic heterocycles. The van der Waals surface area contributed by atoms with Gasteiger partial charge in [0.05, 0.1) is 6.54 Å². The van der Waals surface area contributed by atoms with E-state index in [1.165, 1.54) is 6.07 Å². The molecular weight excluding hydrogens is 402 g/mol. The highest BCUT2D eigenvalue weighted by atomic mass is 35.5. The van der Waals surface area contributed by atoms with Crippen LogP contribution in [0.2, 0.25) is 5.02 Å². The Labute approximate surface area is 172 Å². The molecule has 28 heavy (non-hydrogen) atoms. The number of benzene rings is 2. The normalized spacial score (nSPS) is 19.4. The van der Waals surface area contributed by atoms with Gasteiger partial charge in [-0.3, -0.25) is 9.69 Å². The quantitative estimate of drug-likeness (QED) is 0.664. The first-order valence-electron chi connectivity index (χ1n) is 9.36. The van der Waals surface area contributed by atoms with Crippen LogP contribution < -0.4 is 0 Å². The minimum absolute atomic E-state index is 0.0457. The van der Waals surface area contributed by atoms with E-state index in [2.05, 4.69) is 4.90 Å². The zero-order valence-corrected chi connectivity index (χ0v) is 16.9. The third-order valence-corrected chi connectivity index (χ3v) is 6.74. The monoisotopic (exact) mass is 422 g/mol. The van der Waals surface area contributed by atoms with E-state index in [4.69, 9.17) is 11.6 Å². The fourth-order valence-electron chi connectivity index (χ4n) is 3.55. The molecule has 3 nitrogen and oxygen atoms in total. The molecule has 2 aromatic rings. The van der Waals surface area contributed by atoms with E-state index in [1.54, 1.807) is 17.8 Å². The Morgan fingerprint density at radius 3 is 2.68 bits per heavy atom. The van der Waals surface area contributed by atoms with Crippen molar-refractivity contribution in [3.05, 3.63) is 70.2 Å². The van der Waals surface area contributed by atoms with Crippen molar-refractivity contribution < 1.29 is 13.6 Å². The number of hydrogen-bond acceptors (Lipinski definition) is 3. The Morgan fingerprint density at radius 1 is 1.18 bits per heavy atom. The van der Waals surface area contributed by atoms with Crippen LogP contribution in [0.25, 0.3) is 0 Å². The van der Waals surface area contributed by atoms with Gasteiger partial charge in [0.25, 0.3) is 0 Å². The predicted molar refractivity (Wildman–Crippen MR) is 108 cm³/mol. The fourth-order valence-corrected chi connectivity index (χ4v) is 5.17. The van der Waals surface area contributed by atoms with Crippen LogP contribution in [0.3, 0.4) is 0 Å². The molecule has 1 atom stereocenters. The highest BCUT2D eigenvalue weighted by Gasteiger charge is 2.36. The molecule has 0 unspecified atom stereocenters. The van der Waals surface area contributed by atoms with Gasteiger partial charge in [0.15, 0.2) is 11.6 Å². The third kappa shape index (κ3) is 4.34. The minimum atomic E-state index is -0.853. The Bertz CT molecular complexity index is 877. The number of carbonyl (C=O) groups excluding carboxylic acids is 1. The summed E-state index contributed by atoms with van der Waals surface area (Å²) in [5.74, 6) is -0.790. The Kier molecular flexibility index (Phi) is 5.90. The number of thioether (sulfide) groups is 1. The van der Waals surface area contributed by atoms with Crippen LogP contribution in [0.1, 0.15) is 29.3 Å². The van der Waals surface area contributed by atoms with Crippen LogP contribution in [0, 0.1) is 11.6 Å². The first-order valence-corrected chi connectivity index (χ1v) is 10.8. The third-order valence-electron chi connectivity index (χ3n) is 5.15. The van der Waals surface area contributed by atoms with Crippen LogP contribution in [-0.2, 0) is 11.3 Å². The van der Waals surface area contributed by atoms with Gasteiger partial charge in [-0.1, -0.05) is 35.9 Å². The van der Waals surface area contributed by atoms with Gasteiger partial charge in [0, 0.05) is 35.5 Å². The molecule has 148 valence electrons. The lowest BCUT2D eigenvalue weighted by molar-refractivity contribution is -0.132. The van der Waals surface area contributed by atoms with E-state index in [0.29, 0.717) is 29.7 Å². The van der Waals surface area contributed by atoms with Crippen molar-refractivity contribution in [1.82, 2.24) is 9.80 Å². The van der Waals surface area contributed by atoms with Crippen LogP contribution in [0.5, 0.6) is 0 Å². The molecule has 0 bridgehead atoms. The lowest BCUT2D eigenvalue weighted by Crippen LogP contribution is -2.40. The molecule has 7 heteroatoms. The number of amides is 1. The lowest BCUT2D eigenvalue weighted by atomic mass is 10.2. The summed E-state index contributed by atoms with van der Waals surface area (Å²) in [6.07, 6.45) is 2.05. The molecule has 1 saturated carbocycles. The molecule has 0 radical (unpaired) electrons. The maximum Gasteiger partial charge on any atom is 0.237 e. The average Bonchev–Trinajstić information content (AvgIpc) is 3.41. The van der Waals surface area contributed by atoms with E-state index < -0.39 is 11.6 Å². The number of carbonyl (C=O) groups is 1. The molecule has 0 N–H and O–H groups in total. The highest BCUT2D eigenvalue weighted by molar-refractivity contribution is 7.99. The maximum atomic E-state index is 13.5. The summed E-state index contributed by atoms with van der Waals surface area (Å²) >= 11 is 8.06. The van der Waals surface area contributed by atoms with Crippen LogP contribution in [0.15, 0.2) is 42.5 Å². The molecule has 1 heterocycles. The van der Waals surface area contributed by atoms with Gasteiger partial charge >= 0.3 is 0 Å². The standard InChI is InChI=1S/C21H21ClF2N2OS/c22-17-4-2-1-3-16(17)21-26(9-10-28-21)20(27)13-25(15-6-7-15)12-14-5-8-18(23)19(24)11-14/h1-5,8,11,15,21H,6-7,9-10,12-13H2/t21-/m0/s1. The van der Waals surface area contributed by atoms with Crippen molar-refractivity contribution in [1.29, 1.82) is 0 Å². The second kappa shape index (κ2) is 8.39. The first-order chi connectivity index (χ1) is 13.5. The number of nitrogens with zero attached hydrogens (tertiary/aromatic N) is 2. The molecule has 2 aliphatic rings. The molecular formula is C21H21ClF2N2OS. The number of halogens is 3. The van der Waals surface area contributed by atoms with Crippen molar-refractivity contribution in [2.45, 2.75) is 30.8 Å². The van der Waals surface area contributed by atoms with Crippen molar-refractivity contribution in [3.8, 4) is 0 Å². The van der Waals surface area contributed by atoms with E-state index in [0.717, 1.165) is 30.2 Å². The van der Waals surface area contributed by atoms with Crippen molar-refractivity contribution in [2.24, 2.45) is 0 Å². The molecule has 0 spiro atoms. The van der Waals surface area contributed by atoms with Crippen molar-refractivity contribution in [2.75, 3.05) is 18.8 Å². The summed E-state index contributed by atoms with van der Waals surface area (Å²) in [6, 6.07) is 11.9. The van der Waals surface area contributed by atoms with E-state index in [1.807, 2.05) is 29.2 Å². The maximum absolute atomic E-state index is 13.5. The summed E-state index contributed by atoms with van der Waals surface area (Å²) in [4.78, 5) is 17.0. The zero-order valence-electron chi connectivity index (χ0n) is 15.3. The van der Waals surface area contributed by atoms with Crippen molar-refractivity contribution >= 4 is 29.3 Å². The van der Waals surface area contributed by atoms with Gasteiger partial charge in [0.1, 0.15) is 5.37 Å². The fraction of sp³-hybridized carbons (Fsp3) is 0.381. The summed E-state index contributed by atoms with van der Waals surface area (Å²) in [5.41, 5.74) is 1.63. The van der Waals surface area contributed by atoms with Crippen molar-refractivity contribution in [3.63, 3.8) is 0 Å². The van der Waals surface area contributed by atoms with Gasteiger partial charge < -0.3 is 4.90 Å². The SMILES string of the molecule is O=C(CN(Cc1ccc(F)c(F)c1)C1CC1)N1CCS[C@H]1c1ccccc1Cl. The van der Waals surface area contributed by atoms with Gasteiger partial charge in [-0.05, 0) is 36.6 Å². The van der Waals surface area contributed by atoms with Gasteiger partial charge in [-0.2, -0.15) is 0 Å². The first kappa shape index (κ1) is 19.7. The molecule has 0 aromatic heterocycles. The van der Waals surface area contributed by atoms with Crippen LogP contribution in [0.4, 0.5) is 8.78 Å². The predicted octanol–water partition coefficient (Wildman–Crippen LogP) is 4.86. The van der Waals surface area contributed by atoms with E-state index >= 15 is 0 Å². The second-order valence-corrected chi connectivity index (χ2v) is 8.81. The Hall–Kier alpha value is -1.63. The Morgan fingerprint density at radius 2 is 1.96 bits per heavy atom. The number of hydrogen-bond donors (Lipinski definition) is 0. The molecule has 1 amide bonds. The Balaban J connectivity index is 1.47. The van der Waals surface area contributed by atoms with Crippen LogP contribution in [-0.4, -0.2) is 40.6 Å². The van der Waals surface area contributed by atoms with Crippen LogP contribution >= 0.6 is 23.4 Å². The summed E-state index contributed by atoms with van der Waals surface area (Å²) in [6.45, 7) is 1.39. The number of rotatable bonds is 6. The smallest absolute Gasteiger partial charge is 0.237 e. The average molecular weight is 423 g/mol. The van der Waals surface area contributed by atoms with Gasteiger partial charge in [-0.15, -0.1) is 11.8 Å².